The number of nitrogens with one attached hydrogen (secondary N) is 2. The maximum absolute atomic E-state index is 13.2. The minimum Gasteiger partial charge on any atom is -0.447 e. The molecule has 0 radical (unpaired) electrons. The average Bonchev–Trinajstić information content (AvgIpc) is 2.91. The van der Waals surface area contributed by atoms with E-state index in [1.54, 1.807) is 0 Å². The molecule has 0 saturated carbocycles. The summed E-state index contributed by atoms with van der Waals surface area (Å²) in [6, 6.07) is 2.43. The first-order chi connectivity index (χ1) is 11.8. The number of nitrogens with zero attached hydrogens (tertiary/aromatic N) is 2. The van der Waals surface area contributed by atoms with E-state index in [2.05, 4.69) is 20.5 Å². The molecule has 0 atom stereocenters. The number of ether oxygens (including phenoxy) is 1. The van der Waals surface area contributed by atoms with Crippen LogP contribution in [0.5, 0.6) is 0 Å². The van der Waals surface area contributed by atoms with Crippen LogP contribution in [0.1, 0.15) is 10.5 Å². The number of hydrogen-bond acceptors (Lipinski definition) is 5. The molecule has 1 aromatic carbocycles. The van der Waals surface area contributed by atoms with Gasteiger partial charge in [0, 0.05) is 30.9 Å². The summed E-state index contributed by atoms with van der Waals surface area (Å²) >= 11 is 0. The standard InChI is InChI=1S/C14H13F3N4O4/c1-21-10(6-11(20-21)19-14(24)25-3-2-22)13(23)18-7-4-8(15)12(17)9(16)5-7/h4-6,22H,2-3H2,1H3,(H,18,23)(H,19,20,24). The van der Waals surface area contributed by atoms with E-state index in [9.17, 15) is 22.8 Å². The van der Waals surface area contributed by atoms with Crippen molar-refractivity contribution in [2.75, 3.05) is 23.8 Å². The fraction of sp³-hybridized carbons (Fsp3) is 0.214. The highest BCUT2D eigenvalue weighted by Gasteiger charge is 2.17. The summed E-state index contributed by atoms with van der Waals surface area (Å²) < 4.78 is 44.9. The van der Waals surface area contributed by atoms with Crippen LogP contribution in [0.15, 0.2) is 18.2 Å². The summed E-state index contributed by atoms with van der Waals surface area (Å²) in [7, 11) is 1.39. The normalized spacial score (nSPS) is 10.4. The highest BCUT2D eigenvalue weighted by atomic mass is 19.2. The van der Waals surface area contributed by atoms with Crippen LogP contribution in [-0.4, -0.2) is 40.1 Å². The number of anilines is 2. The van der Waals surface area contributed by atoms with E-state index >= 15 is 0 Å². The van der Waals surface area contributed by atoms with Gasteiger partial charge in [0.05, 0.1) is 6.61 Å². The number of aliphatic hydroxyl groups is 1. The molecule has 2 aromatic rings. The number of benzene rings is 1. The Balaban J connectivity index is 2.11. The van der Waals surface area contributed by atoms with Crippen LogP contribution in [0.3, 0.4) is 0 Å². The van der Waals surface area contributed by atoms with Crippen LogP contribution < -0.4 is 10.6 Å². The topological polar surface area (TPSA) is 105 Å². The zero-order valence-corrected chi connectivity index (χ0v) is 12.8. The van der Waals surface area contributed by atoms with Gasteiger partial charge in [-0.25, -0.2) is 18.0 Å². The van der Waals surface area contributed by atoms with Gasteiger partial charge >= 0.3 is 6.09 Å². The molecule has 1 heterocycles. The Morgan fingerprint density at radius 1 is 1.20 bits per heavy atom. The molecule has 0 fully saturated rings. The van der Waals surface area contributed by atoms with Gasteiger partial charge < -0.3 is 15.2 Å². The lowest BCUT2D eigenvalue weighted by molar-refractivity contribution is 0.101. The molecule has 0 aliphatic carbocycles. The van der Waals surface area contributed by atoms with Crippen molar-refractivity contribution in [3.05, 3.63) is 41.3 Å². The number of carbonyl (C=O) groups is 2. The van der Waals surface area contributed by atoms with Crippen LogP contribution in [0.25, 0.3) is 0 Å². The summed E-state index contributed by atoms with van der Waals surface area (Å²) in [5.74, 6) is -5.36. The smallest absolute Gasteiger partial charge is 0.412 e. The van der Waals surface area contributed by atoms with Gasteiger partial charge in [0.2, 0.25) is 0 Å². The Hall–Kier alpha value is -3.08. The first-order valence-corrected chi connectivity index (χ1v) is 6.86. The van der Waals surface area contributed by atoms with Gasteiger partial charge in [0.25, 0.3) is 5.91 Å². The number of aryl methyl sites for hydroxylation is 1. The molecule has 1 aromatic heterocycles. The van der Waals surface area contributed by atoms with E-state index in [0.29, 0.717) is 12.1 Å². The molecule has 0 unspecified atom stereocenters. The molecular formula is C14H13F3N4O4. The van der Waals surface area contributed by atoms with Crippen LogP contribution in [-0.2, 0) is 11.8 Å². The number of amides is 2. The van der Waals surface area contributed by atoms with Crippen molar-refractivity contribution < 1.29 is 32.6 Å². The highest BCUT2D eigenvalue weighted by Crippen LogP contribution is 2.18. The third kappa shape index (κ3) is 4.47. The Labute approximate surface area is 139 Å². The fourth-order valence-electron chi connectivity index (χ4n) is 1.84. The van der Waals surface area contributed by atoms with Crippen LogP contribution in [0.4, 0.5) is 29.5 Å². The second kappa shape index (κ2) is 7.66. The van der Waals surface area contributed by atoms with Crippen molar-refractivity contribution >= 4 is 23.5 Å². The van der Waals surface area contributed by atoms with E-state index in [-0.39, 0.29) is 30.4 Å². The summed E-state index contributed by atoms with van der Waals surface area (Å²) in [5.41, 5.74) is -0.345. The minimum atomic E-state index is -1.65. The van der Waals surface area contributed by atoms with Gasteiger partial charge in [0.1, 0.15) is 12.3 Å². The SMILES string of the molecule is Cn1nc(NC(=O)OCCO)cc1C(=O)Nc1cc(F)c(F)c(F)c1. The second-order valence-corrected chi connectivity index (χ2v) is 4.73. The predicted molar refractivity (Wildman–Crippen MR) is 79.5 cm³/mol. The highest BCUT2D eigenvalue weighted by molar-refractivity contribution is 6.03. The third-order valence-corrected chi connectivity index (χ3v) is 2.91. The molecule has 0 aliphatic heterocycles. The molecule has 2 rings (SSSR count). The van der Waals surface area contributed by atoms with E-state index in [4.69, 9.17) is 5.11 Å². The van der Waals surface area contributed by atoms with Crippen LogP contribution >= 0.6 is 0 Å². The zero-order chi connectivity index (χ0) is 18.6. The van der Waals surface area contributed by atoms with Crippen molar-refractivity contribution in [3.63, 3.8) is 0 Å². The molecule has 11 heteroatoms. The van der Waals surface area contributed by atoms with Gasteiger partial charge in [-0.3, -0.25) is 14.8 Å². The molecule has 0 spiro atoms. The molecular weight excluding hydrogens is 345 g/mol. The lowest BCUT2D eigenvalue weighted by Gasteiger charge is -2.06. The first kappa shape index (κ1) is 18.3. The molecule has 134 valence electrons. The molecule has 0 bridgehead atoms. The average molecular weight is 358 g/mol. The quantitative estimate of drug-likeness (QED) is 0.705. The predicted octanol–water partition coefficient (Wildman–Crippen LogP) is 1.63. The number of hydrogen-bond donors (Lipinski definition) is 3. The Morgan fingerprint density at radius 2 is 1.84 bits per heavy atom. The molecule has 2 amide bonds. The monoisotopic (exact) mass is 358 g/mol. The Morgan fingerprint density at radius 3 is 2.44 bits per heavy atom. The number of aliphatic hydroxyl groups excluding tert-OH is 1. The Bertz CT molecular complexity index is 786. The largest absolute Gasteiger partial charge is 0.447 e. The van der Waals surface area contributed by atoms with E-state index in [0.717, 1.165) is 4.68 Å². The molecule has 0 aliphatic rings. The number of carbonyl (C=O) groups excluding carboxylic acids is 2. The number of halogens is 3. The van der Waals surface area contributed by atoms with Gasteiger partial charge in [-0.05, 0) is 0 Å². The van der Waals surface area contributed by atoms with E-state index in [1.165, 1.54) is 13.1 Å². The van der Waals surface area contributed by atoms with Gasteiger partial charge in [0.15, 0.2) is 23.3 Å². The lowest BCUT2D eigenvalue weighted by Crippen LogP contribution is -2.16. The lowest BCUT2D eigenvalue weighted by atomic mass is 10.2. The first-order valence-electron chi connectivity index (χ1n) is 6.86. The van der Waals surface area contributed by atoms with Crippen molar-refractivity contribution in [3.8, 4) is 0 Å². The summed E-state index contributed by atoms with van der Waals surface area (Å²) in [6.07, 6.45) is -0.887. The maximum Gasteiger partial charge on any atom is 0.412 e. The summed E-state index contributed by atoms with van der Waals surface area (Å²) in [4.78, 5) is 23.5. The summed E-state index contributed by atoms with van der Waals surface area (Å²) in [5, 5.41) is 16.8. The van der Waals surface area contributed by atoms with Crippen LogP contribution in [0, 0.1) is 17.5 Å². The third-order valence-electron chi connectivity index (χ3n) is 2.91. The molecule has 8 nitrogen and oxygen atoms in total. The van der Waals surface area contributed by atoms with Crippen molar-refractivity contribution in [1.29, 1.82) is 0 Å². The number of aromatic nitrogens is 2. The number of rotatable bonds is 5. The summed E-state index contributed by atoms with van der Waals surface area (Å²) in [6.45, 7) is -0.568. The van der Waals surface area contributed by atoms with Gasteiger partial charge in [-0.15, -0.1) is 0 Å². The molecule has 3 N–H and O–H groups in total. The van der Waals surface area contributed by atoms with Crippen molar-refractivity contribution in [2.24, 2.45) is 7.05 Å². The molecule has 25 heavy (non-hydrogen) atoms. The fourth-order valence-corrected chi connectivity index (χ4v) is 1.84. The maximum atomic E-state index is 13.2. The second-order valence-electron chi connectivity index (χ2n) is 4.73. The molecule has 0 saturated heterocycles. The van der Waals surface area contributed by atoms with Crippen molar-refractivity contribution in [2.45, 2.75) is 0 Å². The van der Waals surface area contributed by atoms with E-state index in [1.807, 2.05) is 0 Å². The van der Waals surface area contributed by atoms with Crippen molar-refractivity contribution in [1.82, 2.24) is 9.78 Å². The van der Waals surface area contributed by atoms with Gasteiger partial charge in [-0.1, -0.05) is 0 Å². The Kier molecular flexibility index (Phi) is 5.60. The van der Waals surface area contributed by atoms with Crippen LogP contribution in [0.2, 0.25) is 0 Å². The minimum absolute atomic E-state index is 0.0212. The van der Waals surface area contributed by atoms with Gasteiger partial charge in [-0.2, -0.15) is 5.10 Å². The van der Waals surface area contributed by atoms with E-state index < -0.39 is 29.5 Å². The zero-order valence-electron chi connectivity index (χ0n) is 12.8.